The molecule has 4 nitrogen and oxygen atoms in total. The van der Waals surface area contributed by atoms with Crippen LogP contribution in [0.4, 0.5) is 5.69 Å². The van der Waals surface area contributed by atoms with Gasteiger partial charge in [-0.2, -0.15) is 0 Å². The third-order valence-corrected chi connectivity index (χ3v) is 2.80. The van der Waals surface area contributed by atoms with Gasteiger partial charge in [0.2, 0.25) is 0 Å². The molecule has 0 bridgehead atoms. The van der Waals surface area contributed by atoms with E-state index in [0.717, 1.165) is 18.7 Å². The van der Waals surface area contributed by atoms with E-state index < -0.39 is 0 Å². The average Bonchev–Trinajstić information content (AvgIpc) is 2.43. The lowest BCUT2D eigenvalue weighted by molar-refractivity contribution is 0.0935. The summed E-state index contributed by atoms with van der Waals surface area (Å²) >= 11 is 0. The third kappa shape index (κ3) is 5.30. The van der Waals surface area contributed by atoms with Crippen LogP contribution < -0.4 is 10.6 Å². The molecule has 0 saturated carbocycles. The van der Waals surface area contributed by atoms with E-state index in [1.54, 1.807) is 7.11 Å². The molecule has 0 aliphatic carbocycles. The fourth-order valence-corrected chi connectivity index (χ4v) is 1.80. The zero-order valence-electron chi connectivity index (χ0n) is 12.0. The van der Waals surface area contributed by atoms with E-state index >= 15 is 0 Å². The Morgan fingerprint density at radius 1 is 1.37 bits per heavy atom. The number of hydrogen-bond donors (Lipinski definition) is 2. The van der Waals surface area contributed by atoms with E-state index in [2.05, 4.69) is 17.6 Å². The maximum Gasteiger partial charge on any atom is 0.253 e. The molecule has 4 heteroatoms. The number of carbonyl (C=O) groups excluding carboxylic acids is 1. The summed E-state index contributed by atoms with van der Waals surface area (Å²) < 4.78 is 5.05. The van der Waals surface area contributed by atoms with Gasteiger partial charge in [-0.1, -0.05) is 26.0 Å². The number of benzene rings is 1. The molecule has 0 aromatic heterocycles. The monoisotopic (exact) mass is 264 g/mol. The summed E-state index contributed by atoms with van der Waals surface area (Å²) in [5.74, 6) is 0.270. The minimum Gasteiger partial charge on any atom is -0.384 e. The number of amides is 1. The van der Waals surface area contributed by atoms with Gasteiger partial charge in [-0.05, 0) is 24.5 Å². The molecule has 1 atom stereocenters. The lowest BCUT2D eigenvalue weighted by Gasteiger charge is -2.14. The Hall–Kier alpha value is -1.55. The molecular weight excluding hydrogens is 240 g/mol. The first-order valence-corrected chi connectivity index (χ1v) is 6.79. The van der Waals surface area contributed by atoms with E-state index in [-0.39, 0.29) is 5.91 Å². The highest BCUT2D eigenvalue weighted by atomic mass is 16.5. The summed E-state index contributed by atoms with van der Waals surface area (Å²) in [6.45, 7) is 6.28. The molecule has 1 unspecified atom stereocenters. The van der Waals surface area contributed by atoms with E-state index in [0.29, 0.717) is 24.6 Å². The first kappa shape index (κ1) is 15.5. The number of carbonyl (C=O) groups is 1. The first-order valence-electron chi connectivity index (χ1n) is 6.79. The van der Waals surface area contributed by atoms with Crippen molar-refractivity contribution in [2.45, 2.75) is 20.3 Å². The lowest BCUT2D eigenvalue weighted by Crippen LogP contribution is -2.30. The van der Waals surface area contributed by atoms with Crippen molar-refractivity contribution in [1.82, 2.24) is 5.32 Å². The third-order valence-electron chi connectivity index (χ3n) is 2.80. The van der Waals surface area contributed by atoms with Gasteiger partial charge in [-0.15, -0.1) is 0 Å². The average molecular weight is 264 g/mol. The zero-order valence-corrected chi connectivity index (χ0v) is 12.0. The lowest BCUT2D eigenvalue weighted by atomic mass is 10.1. The summed E-state index contributed by atoms with van der Waals surface area (Å²) in [7, 11) is 1.67. The molecule has 0 aliphatic heterocycles. The summed E-state index contributed by atoms with van der Waals surface area (Å²) in [5.41, 5.74) is 1.59. The zero-order chi connectivity index (χ0) is 14.1. The van der Waals surface area contributed by atoms with Crippen LogP contribution in [0, 0.1) is 5.92 Å². The molecule has 0 spiro atoms. The fraction of sp³-hybridized carbons (Fsp3) is 0.533. The number of anilines is 1. The van der Waals surface area contributed by atoms with E-state index in [4.69, 9.17) is 4.74 Å². The van der Waals surface area contributed by atoms with E-state index in [1.165, 1.54) is 0 Å². The Morgan fingerprint density at radius 3 is 2.79 bits per heavy atom. The molecule has 0 radical (unpaired) electrons. The molecule has 1 aromatic carbocycles. The maximum atomic E-state index is 12.1. The predicted octanol–water partition coefficient (Wildman–Crippen LogP) is 2.52. The van der Waals surface area contributed by atoms with Crippen LogP contribution in [0.25, 0.3) is 0 Å². The van der Waals surface area contributed by atoms with Gasteiger partial charge in [0.1, 0.15) is 0 Å². The minimum absolute atomic E-state index is 0.0397. The van der Waals surface area contributed by atoms with Gasteiger partial charge in [0, 0.05) is 25.9 Å². The van der Waals surface area contributed by atoms with Crippen molar-refractivity contribution in [3.63, 3.8) is 0 Å². The normalized spacial score (nSPS) is 11.9. The van der Waals surface area contributed by atoms with Gasteiger partial charge >= 0.3 is 0 Å². The quantitative estimate of drug-likeness (QED) is 0.758. The summed E-state index contributed by atoms with van der Waals surface area (Å²) in [6.07, 6.45) is 1.03. The molecule has 1 amide bonds. The van der Waals surface area contributed by atoms with Crippen LogP contribution >= 0.6 is 0 Å². The number of methoxy groups -OCH3 is 1. The van der Waals surface area contributed by atoms with Crippen LogP contribution in [-0.2, 0) is 4.74 Å². The molecule has 106 valence electrons. The molecule has 0 aliphatic rings. The van der Waals surface area contributed by atoms with Crippen molar-refractivity contribution < 1.29 is 9.53 Å². The van der Waals surface area contributed by atoms with Crippen LogP contribution in [0.5, 0.6) is 0 Å². The fourth-order valence-electron chi connectivity index (χ4n) is 1.80. The Labute approximate surface area is 115 Å². The van der Waals surface area contributed by atoms with Crippen LogP contribution in [-0.4, -0.2) is 32.7 Å². The van der Waals surface area contributed by atoms with Crippen LogP contribution in [0.3, 0.4) is 0 Å². The largest absolute Gasteiger partial charge is 0.384 e. The standard InChI is InChI=1S/C15H24N2O2/c1-4-9-16-14-8-6-5-7-13(14)15(18)17-10-12(2)11-19-3/h5-8,12,16H,4,9-11H2,1-3H3,(H,17,18). The highest BCUT2D eigenvalue weighted by Gasteiger charge is 2.11. The second kappa shape index (κ2) is 8.53. The SMILES string of the molecule is CCCNc1ccccc1C(=O)NCC(C)COC. The second-order valence-corrected chi connectivity index (χ2v) is 4.74. The van der Waals surface area contributed by atoms with Gasteiger partial charge < -0.3 is 15.4 Å². The van der Waals surface area contributed by atoms with Crippen molar-refractivity contribution in [2.24, 2.45) is 5.92 Å². The molecule has 0 heterocycles. The number of ether oxygens (including phenoxy) is 1. The number of hydrogen-bond acceptors (Lipinski definition) is 3. The van der Waals surface area contributed by atoms with Gasteiger partial charge in [-0.3, -0.25) is 4.79 Å². The molecule has 0 saturated heterocycles. The Morgan fingerprint density at radius 2 is 2.11 bits per heavy atom. The number of para-hydroxylation sites is 1. The number of rotatable bonds is 8. The smallest absolute Gasteiger partial charge is 0.253 e. The van der Waals surface area contributed by atoms with Crippen molar-refractivity contribution in [2.75, 3.05) is 32.1 Å². The molecule has 19 heavy (non-hydrogen) atoms. The topological polar surface area (TPSA) is 50.4 Å². The Kier molecular flexibility index (Phi) is 6.97. The molecule has 1 rings (SSSR count). The first-order chi connectivity index (χ1) is 9.19. The summed E-state index contributed by atoms with van der Waals surface area (Å²) in [6, 6.07) is 7.59. The maximum absolute atomic E-state index is 12.1. The van der Waals surface area contributed by atoms with Gasteiger partial charge in [-0.25, -0.2) is 0 Å². The summed E-state index contributed by atoms with van der Waals surface area (Å²) in [4.78, 5) is 12.1. The van der Waals surface area contributed by atoms with Crippen molar-refractivity contribution >= 4 is 11.6 Å². The summed E-state index contributed by atoms with van der Waals surface area (Å²) in [5, 5.41) is 6.21. The Bertz CT molecular complexity index is 393. The molecule has 2 N–H and O–H groups in total. The van der Waals surface area contributed by atoms with E-state index in [9.17, 15) is 4.79 Å². The molecule has 1 aromatic rings. The van der Waals surface area contributed by atoms with Gasteiger partial charge in [0.15, 0.2) is 0 Å². The highest BCUT2D eigenvalue weighted by molar-refractivity contribution is 5.99. The van der Waals surface area contributed by atoms with Crippen LogP contribution in [0.2, 0.25) is 0 Å². The Balaban J connectivity index is 2.60. The number of nitrogens with one attached hydrogen (secondary N) is 2. The van der Waals surface area contributed by atoms with Crippen molar-refractivity contribution in [1.29, 1.82) is 0 Å². The predicted molar refractivity (Wildman–Crippen MR) is 78.6 cm³/mol. The van der Waals surface area contributed by atoms with Crippen LogP contribution in [0.1, 0.15) is 30.6 Å². The van der Waals surface area contributed by atoms with Gasteiger partial charge in [0.25, 0.3) is 5.91 Å². The molecular formula is C15H24N2O2. The van der Waals surface area contributed by atoms with Gasteiger partial charge in [0.05, 0.1) is 12.2 Å². The van der Waals surface area contributed by atoms with E-state index in [1.807, 2.05) is 31.2 Å². The second-order valence-electron chi connectivity index (χ2n) is 4.74. The van der Waals surface area contributed by atoms with Crippen molar-refractivity contribution in [3.05, 3.63) is 29.8 Å². The van der Waals surface area contributed by atoms with Crippen LogP contribution in [0.15, 0.2) is 24.3 Å². The van der Waals surface area contributed by atoms with Crippen molar-refractivity contribution in [3.8, 4) is 0 Å². The molecule has 0 fully saturated rings. The highest BCUT2D eigenvalue weighted by Crippen LogP contribution is 2.14. The minimum atomic E-state index is -0.0397.